The third-order valence-corrected chi connectivity index (χ3v) is 6.75. The van der Waals surface area contributed by atoms with E-state index in [1.807, 2.05) is 17.2 Å². The highest BCUT2D eigenvalue weighted by Gasteiger charge is 2.38. The van der Waals surface area contributed by atoms with E-state index < -0.39 is 5.92 Å². The van der Waals surface area contributed by atoms with E-state index in [1.54, 1.807) is 23.2 Å². The van der Waals surface area contributed by atoms with Gasteiger partial charge in [0.05, 0.1) is 32.9 Å². The van der Waals surface area contributed by atoms with Gasteiger partial charge in [-0.3, -0.25) is 9.59 Å². The average Bonchev–Trinajstić information content (AvgIpc) is 3.51. The fraction of sp³-hybridized carbons (Fsp3) is 0.346. The van der Waals surface area contributed by atoms with Crippen molar-refractivity contribution in [2.24, 2.45) is 5.92 Å². The topological polar surface area (TPSA) is 97.0 Å². The first kappa shape index (κ1) is 22.8. The van der Waals surface area contributed by atoms with Crippen molar-refractivity contribution in [3.05, 3.63) is 48.3 Å². The molecule has 2 amide bonds. The standard InChI is InChI=1S/C26H28N4O5/c1-33-21-12-18(13-22(34-2)24(21)35-3)30-15-17(11-23(30)31)26(32)29-9-6-16(7-10-29)20-14-28-25-19(20)5-4-8-27-25/h4-6,8,12-14,17H,7,9-11,15H2,1-3H3,(H,27,28). The molecule has 1 unspecified atom stereocenters. The summed E-state index contributed by atoms with van der Waals surface area (Å²) in [4.78, 5) is 37.2. The number of hydrogen-bond acceptors (Lipinski definition) is 6. The molecule has 0 saturated carbocycles. The van der Waals surface area contributed by atoms with Crippen molar-refractivity contribution >= 4 is 34.1 Å². The van der Waals surface area contributed by atoms with E-state index in [9.17, 15) is 9.59 Å². The monoisotopic (exact) mass is 476 g/mol. The molecule has 1 saturated heterocycles. The Morgan fingerprint density at radius 3 is 2.57 bits per heavy atom. The summed E-state index contributed by atoms with van der Waals surface area (Å²) in [5.41, 5.74) is 3.81. The highest BCUT2D eigenvalue weighted by molar-refractivity contribution is 6.01. The number of ether oxygens (including phenoxy) is 3. The summed E-state index contributed by atoms with van der Waals surface area (Å²) in [6, 6.07) is 7.44. The normalized spacial score (nSPS) is 18.1. The lowest BCUT2D eigenvalue weighted by molar-refractivity contribution is -0.135. The zero-order valence-corrected chi connectivity index (χ0v) is 20.0. The fourth-order valence-corrected chi connectivity index (χ4v) is 4.94. The quantitative estimate of drug-likeness (QED) is 0.587. The van der Waals surface area contributed by atoms with Crippen LogP contribution >= 0.6 is 0 Å². The van der Waals surface area contributed by atoms with Gasteiger partial charge in [-0.15, -0.1) is 0 Å². The van der Waals surface area contributed by atoms with Gasteiger partial charge in [0.2, 0.25) is 17.6 Å². The minimum atomic E-state index is -0.395. The van der Waals surface area contributed by atoms with Crippen molar-refractivity contribution in [2.75, 3.05) is 45.9 Å². The van der Waals surface area contributed by atoms with Crippen LogP contribution in [0.25, 0.3) is 16.6 Å². The highest BCUT2D eigenvalue weighted by Crippen LogP contribution is 2.42. The third kappa shape index (κ3) is 4.07. The molecule has 2 aliphatic heterocycles. The molecule has 182 valence electrons. The van der Waals surface area contributed by atoms with Crippen molar-refractivity contribution in [3.63, 3.8) is 0 Å². The number of pyridine rings is 1. The van der Waals surface area contributed by atoms with Crippen molar-refractivity contribution in [2.45, 2.75) is 12.8 Å². The molecule has 1 aromatic carbocycles. The highest BCUT2D eigenvalue weighted by atomic mass is 16.5. The largest absolute Gasteiger partial charge is 0.493 e. The maximum absolute atomic E-state index is 13.3. The van der Waals surface area contributed by atoms with Crippen molar-refractivity contribution < 1.29 is 23.8 Å². The molecule has 9 nitrogen and oxygen atoms in total. The van der Waals surface area contributed by atoms with Gasteiger partial charge < -0.3 is 29.0 Å². The SMILES string of the molecule is COc1cc(N2CC(C(=O)N3CC=C(c4c[nH]c5ncccc45)CC3)CC2=O)cc(OC)c1OC. The number of amides is 2. The summed E-state index contributed by atoms with van der Waals surface area (Å²) >= 11 is 0. The van der Waals surface area contributed by atoms with E-state index in [0.29, 0.717) is 42.6 Å². The predicted octanol–water partition coefficient (Wildman–Crippen LogP) is 3.26. The van der Waals surface area contributed by atoms with Gasteiger partial charge in [0.15, 0.2) is 11.5 Å². The second-order valence-corrected chi connectivity index (χ2v) is 8.65. The number of H-pyrrole nitrogens is 1. The summed E-state index contributed by atoms with van der Waals surface area (Å²) in [5.74, 6) is 0.895. The number of aromatic nitrogens is 2. The van der Waals surface area contributed by atoms with Crippen LogP contribution in [0.5, 0.6) is 17.2 Å². The lowest BCUT2D eigenvalue weighted by Gasteiger charge is -2.29. The smallest absolute Gasteiger partial charge is 0.228 e. The molecule has 4 heterocycles. The van der Waals surface area contributed by atoms with Gasteiger partial charge in [-0.05, 0) is 24.1 Å². The number of carbonyl (C=O) groups is 2. The number of benzene rings is 1. The van der Waals surface area contributed by atoms with Crippen LogP contribution in [0.1, 0.15) is 18.4 Å². The Morgan fingerprint density at radius 2 is 1.91 bits per heavy atom. The predicted molar refractivity (Wildman–Crippen MR) is 132 cm³/mol. The first-order valence-corrected chi connectivity index (χ1v) is 11.5. The van der Waals surface area contributed by atoms with Crippen LogP contribution in [0.2, 0.25) is 0 Å². The molecule has 5 rings (SSSR count). The number of anilines is 1. The molecule has 1 fully saturated rings. The number of hydrogen-bond donors (Lipinski definition) is 1. The van der Waals surface area contributed by atoms with E-state index in [1.165, 1.54) is 26.9 Å². The second-order valence-electron chi connectivity index (χ2n) is 8.65. The molecule has 0 spiro atoms. The van der Waals surface area contributed by atoms with E-state index in [-0.39, 0.29) is 18.2 Å². The molecule has 0 radical (unpaired) electrons. The first-order chi connectivity index (χ1) is 17.0. The Labute approximate surface area is 203 Å². The molecule has 2 aliphatic rings. The molecule has 1 atom stereocenters. The lowest BCUT2D eigenvalue weighted by Crippen LogP contribution is -2.39. The molecular weight excluding hydrogens is 448 g/mol. The Kier molecular flexibility index (Phi) is 6.07. The van der Waals surface area contributed by atoms with Gasteiger partial charge in [0, 0.05) is 61.5 Å². The third-order valence-electron chi connectivity index (χ3n) is 6.75. The number of nitrogens with zero attached hydrogens (tertiary/aromatic N) is 3. The average molecular weight is 477 g/mol. The van der Waals surface area contributed by atoms with Crippen molar-refractivity contribution in [1.82, 2.24) is 14.9 Å². The number of methoxy groups -OCH3 is 3. The minimum Gasteiger partial charge on any atom is -0.493 e. The van der Waals surface area contributed by atoms with Gasteiger partial charge in [0.25, 0.3) is 0 Å². The molecule has 0 aliphatic carbocycles. The van der Waals surface area contributed by atoms with E-state index in [4.69, 9.17) is 14.2 Å². The molecule has 9 heteroatoms. The fourth-order valence-electron chi connectivity index (χ4n) is 4.94. The van der Waals surface area contributed by atoms with Crippen LogP contribution in [-0.4, -0.2) is 67.6 Å². The Hall–Kier alpha value is -4.01. The summed E-state index contributed by atoms with van der Waals surface area (Å²) in [6.45, 7) is 1.46. The Balaban J connectivity index is 1.30. The molecular formula is C26H28N4O5. The molecule has 3 aromatic rings. The number of aromatic amines is 1. The minimum absolute atomic E-state index is 0.00388. The summed E-state index contributed by atoms with van der Waals surface area (Å²) < 4.78 is 16.2. The van der Waals surface area contributed by atoms with Crippen molar-refractivity contribution in [1.29, 1.82) is 0 Å². The maximum atomic E-state index is 13.3. The second kappa shape index (κ2) is 9.32. The van der Waals surface area contributed by atoms with Crippen LogP contribution in [0.3, 0.4) is 0 Å². The zero-order valence-electron chi connectivity index (χ0n) is 20.0. The van der Waals surface area contributed by atoms with Crippen LogP contribution < -0.4 is 19.1 Å². The van der Waals surface area contributed by atoms with Gasteiger partial charge in [-0.25, -0.2) is 4.98 Å². The summed E-state index contributed by atoms with van der Waals surface area (Å²) in [5, 5.41) is 1.08. The van der Waals surface area contributed by atoms with Gasteiger partial charge >= 0.3 is 0 Å². The Morgan fingerprint density at radius 1 is 1.14 bits per heavy atom. The van der Waals surface area contributed by atoms with Crippen LogP contribution in [0, 0.1) is 5.92 Å². The number of carbonyl (C=O) groups excluding carboxylic acids is 2. The molecule has 0 bridgehead atoms. The van der Waals surface area contributed by atoms with E-state index >= 15 is 0 Å². The Bertz CT molecular complexity index is 1290. The van der Waals surface area contributed by atoms with E-state index in [0.717, 1.165) is 23.0 Å². The van der Waals surface area contributed by atoms with Crippen LogP contribution in [-0.2, 0) is 9.59 Å². The van der Waals surface area contributed by atoms with Gasteiger partial charge in [-0.2, -0.15) is 0 Å². The number of fused-ring (bicyclic) bond motifs is 1. The van der Waals surface area contributed by atoms with Gasteiger partial charge in [-0.1, -0.05) is 6.08 Å². The summed E-state index contributed by atoms with van der Waals surface area (Å²) in [7, 11) is 4.60. The first-order valence-electron chi connectivity index (χ1n) is 11.5. The van der Waals surface area contributed by atoms with E-state index in [2.05, 4.69) is 22.1 Å². The summed E-state index contributed by atoms with van der Waals surface area (Å²) in [6.07, 6.45) is 6.78. The van der Waals surface area contributed by atoms with Crippen LogP contribution in [0.15, 0.2) is 42.7 Å². The molecule has 2 aromatic heterocycles. The molecule has 1 N–H and O–H groups in total. The van der Waals surface area contributed by atoms with Gasteiger partial charge in [0.1, 0.15) is 5.65 Å². The lowest BCUT2D eigenvalue weighted by atomic mass is 9.98. The number of nitrogens with one attached hydrogen (secondary N) is 1. The van der Waals surface area contributed by atoms with Crippen molar-refractivity contribution in [3.8, 4) is 17.2 Å². The maximum Gasteiger partial charge on any atom is 0.228 e. The zero-order chi connectivity index (χ0) is 24.5. The number of rotatable bonds is 6. The molecule has 35 heavy (non-hydrogen) atoms. The van der Waals surface area contributed by atoms with Crippen LogP contribution in [0.4, 0.5) is 5.69 Å².